The molecule has 1 aliphatic carbocycles. The highest BCUT2D eigenvalue weighted by Gasteiger charge is 2.62. The first-order chi connectivity index (χ1) is 18.3. The minimum Gasteiger partial charge on any atom is -0.494 e. The predicted octanol–water partition coefficient (Wildman–Crippen LogP) is 5.07. The molecule has 2 aromatic rings. The maximum absolute atomic E-state index is 13.9. The van der Waals surface area contributed by atoms with E-state index in [0.29, 0.717) is 60.8 Å². The zero-order valence-electron chi connectivity index (χ0n) is 21.0. The van der Waals surface area contributed by atoms with Gasteiger partial charge < -0.3 is 20.1 Å². The summed E-state index contributed by atoms with van der Waals surface area (Å²) in [5.74, 6) is -3.13. The summed E-state index contributed by atoms with van der Waals surface area (Å²) in [4.78, 5) is 25.5. The Kier molecular flexibility index (Phi) is 8.41. The van der Waals surface area contributed by atoms with Crippen molar-refractivity contribution in [1.82, 2.24) is 10.2 Å². The number of piperidine rings is 1. The highest BCUT2D eigenvalue weighted by atomic mass is 35.5. The highest BCUT2D eigenvalue weighted by Crippen LogP contribution is 2.50. The topological polar surface area (TPSA) is 78.9 Å². The molecule has 1 heterocycles. The van der Waals surface area contributed by atoms with Crippen molar-refractivity contribution in [1.29, 1.82) is 0 Å². The standard InChI is InChI=1S/C27H28ClF5N2O4/c1-34-24(36)21-3-2-20(14-23(21)28)39-9-6-16-10-22(16)15-4-7-35(8-5-15)25(37)26(38,27(31,32)33)17-11-18(29)13-19(30)12-17/h2-3,11-16,22,38H,4-10H2,1H3,(H,34,36)/t16-,22-,26-/m1/s1. The number of ether oxygens (including phenoxy) is 1. The van der Waals surface area contributed by atoms with Crippen LogP contribution in [0.3, 0.4) is 0 Å². The van der Waals surface area contributed by atoms with Crippen LogP contribution in [0, 0.1) is 29.4 Å². The Labute approximate surface area is 227 Å². The molecule has 2 aliphatic rings. The van der Waals surface area contributed by atoms with Crippen molar-refractivity contribution in [3.8, 4) is 5.75 Å². The molecule has 1 aliphatic heterocycles. The molecule has 4 rings (SSSR count). The molecular formula is C27H28ClF5N2O4. The van der Waals surface area contributed by atoms with Crippen LogP contribution in [0.2, 0.25) is 5.02 Å². The van der Waals surface area contributed by atoms with Crippen molar-refractivity contribution in [3.63, 3.8) is 0 Å². The minimum absolute atomic E-state index is 0.00437. The smallest absolute Gasteiger partial charge is 0.430 e. The number of carbonyl (C=O) groups is 2. The van der Waals surface area contributed by atoms with Gasteiger partial charge in [-0.1, -0.05) is 11.6 Å². The number of benzene rings is 2. The van der Waals surface area contributed by atoms with Crippen molar-refractivity contribution < 1.29 is 41.4 Å². The van der Waals surface area contributed by atoms with Gasteiger partial charge in [-0.15, -0.1) is 0 Å². The van der Waals surface area contributed by atoms with Crippen molar-refractivity contribution in [2.24, 2.45) is 17.8 Å². The third kappa shape index (κ3) is 6.14. The second-order valence-electron chi connectivity index (χ2n) is 10.0. The third-order valence-corrected chi connectivity index (χ3v) is 7.89. The number of nitrogens with zero attached hydrogens (tertiary/aromatic N) is 1. The summed E-state index contributed by atoms with van der Waals surface area (Å²) in [6, 6.07) is 5.82. The fourth-order valence-electron chi connectivity index (χ4n) is 5.34. The Morgan fingerprint density at radius 1 is 1.10 bits per heavy atom. The van der Waals surface area contributed by atoms with Crippen LogP contribution in [0.25, 0.3) is 0 Å². The molecule has 0 spiro atoms. The molecule has 1 saturated heterocycles. The Bertz CT molecular complexity index is 1210. The molecule has 1 saturated carbocycles. The first-order valence-corrected chi connectivity index (χ1v) is 12.9. The van der Waals surface area contributed by atoms with Crippen LogP contribution in [0.5, 0.6) is 5.75 Å². The molecule has 12 heteroatoms. The van der Waals surface area contributed by atoms with Gasteiger partial charge in [-0.05, 0) is 73.8 Å². The van der Waals surface area contributed by atoms with Gasteiger partial charge in [-0.25, -0.2) is 8.78 Å². The van der Waals surface area contributed by atoms with Crippen molar-refractivity contribution in [2.45, 2.75) is 37.5 Å². The highest BCUT2D eigenvalue weighted by molar-refractivity contribution is 6.34. The number of halogens is 6. The van der Waals surface area contributed by atoms with E-state index in [1.165, 1.54) is 7.05 Å². The van der Waals surface area contributed by atoms with E-state index >= 15 is 0 Å². The van der Waals surface area contributed by atoms with Gasteiger partial charge in [-0.3, -0.25) is 9.59 Å². The number of alkyl halides is 3. The second-order valence-corrected chi connectivity index (χ2v) is 10.4. The molecule has 0 radical (unpaired) electrons. The number of amides is 2. The summed E-state index contributed by atoms with van der Waals surface area (Å²) in [7, 11) is 1.51. The van der Waals surface area contributed by atoms with E-state index in [2.05, 4.69) is 5.32 Å². The number of aliphatic hydroxyl groups is 1. The van der Waals surface area contributed by atoms with Crippen LogP contribution in [-0.2, 0) is 10.4 Å². The number of hydrogen-bond donors (Lipinski definition) is 2. The number of rotatable bonds is 8. The van der Waals surface area contributed by atoms with Gasteiger partial charge >= 0.3 is 6.18 Å². The van der Waals surface area contributed by atoms with E-state index in [1.807, 2.05) is 0 Å². The summed E-state index contributed by atoms with van der Waals surface area (Å²) >= 11 is 6.14. The first-order valence-electron chi connectivity index (χ1n) is 12.5. The van der Waals surface area contributed by atoms with E-state index in [4.69, 9.17) is 16.3 Å². The molecule has 0 bridgehead atoms. The number of carbonyl (C=O) groups excluding carboxylic acids is 2. The van der Waals surface area contributed by atoms with Gasteiger partial charge in [0.2, 0.25) is 0 Å². The predicted molar refractivity (Wildman–Crippen MR) is 132 cm³/mol. The maximum Gasteiger partial charge on any atom is 0.430 e. The molecule has 2 aromatic carbocycles. The molecule has 212 valence electrons. The molecule has 2 amide bonds. The number of nitrogens with one attached hydrogen (secondary N) is 1. The normalized spacial score (nSPS) is 21.3. The van der Waals surface area contributed by atoms with Gasteiger partial charge in [-0.2, -0.15) is 13.2 Å². The summed E-state index contributed by atoms with van der Waals surface area (Å²) < 4.78 is 74.7. The van der Waals surface area contributed by atoms with Crippen LogP contribution in [0.15, 0.2) is 36.4 Å². The zero-order chi connectivity index (χ0) is 28.5. The molecular weight excluding hydrogens is 547 g/mol. The Morgan fingerprint density at radius 2 is 1.74 bits per heavy atom. The van der Waals surface area contributed by atoms with Crippen LogP contribution < -0.4 is 10.1 Å². The van der Waals surface area contributed by atoms with E-state index in [-0.39, 0.29) is 29.9 Å². The van der Waals surface area contributed by atoms with Gasteiger partial charge in [0, 0.05) is 31.8 Å². The quantitative estimate of drug-likeness (QED) is 0.432. The first kappa shape index (κ1) is 29.1. The molecule has 6 nitrogen and oxygen atoms in total. The molecule has 0 aromatic heterocycles. The average molecular weight is 575 g/mol. The third-order valence-electron chi connectivity index (χ3n) is 7.58. The molecule has 3 atom stereocenters. The fourth-order valence-corrected chi connectivity index (χ4v) is 5.60. The summed E-state index contributed by atoms with van der Waals surface area (Å²) in [6.07, 6.45) is -2.87. The molecule has 0 unspecified atom stereocenters. The molecule has 2 N–H and O–H groups in total. The molecule has 2 fully saturated rings. The average Bonchev–Trinajstić information content (AvgIpc) is 3.66. The maximum atomic E-state index is 13.9. The molecule has 39 heavy (non-hydrogen) atoms. The van der Waals surface area contributed by atoms with Crippen LogP contribution >= 0.6 is 11.6 Å². The van der Waals surface area contributed by atoms with Crippen molar-refractivity contribution >= 4 is 23.4 Å². The van der Waals surface area contributed by atoms with Gasteiger partial charge in [0.1, 0.15) is 17.4 Å². The summed E-state index contributed by atoms with van der Waals surface area (Å²) in [5, 5.41) is 13.3. The van der Waals surface area contributed by atoms with E-state index < -0.39 is 34.9 Å². The Balaban J connectivity index is 1.29. The zero-order valence-corrected chi connectivity index (χ0v) is 21.8. The minimum atomic E-state index is -5.48. The Hall–Kier alpha value is -2.92. The van der Waals surface area contributed by atoms with Crippen LogP contribution in [-0.4, -0.2) is 54.7 Å². The largest absolute Gasteiger partial charge is 0.494 e. The lowest BCUT2D eigenvalue weighted by Crippen LogP contribution is -2.57. The van der Waals surface area contributed by atoms with Crippen molar-refractivity contribution in [2.75, 3.05) is 26.7 Å². The van der Waals surface area contributed by atoms with Crippen LogP contribution in [0.4, 0.5) is 22.0 Å². The van der Waals surface area contributed by atoms with Gasteiger partial charge in [0.15, 0.2) is 0 Å². The Morgan fingerprint density at radius 3 is 2.31 bits per heavy atom. The number of hydrogen-bond acceptors (Lipinski definition) is 4. The number of likely N-dealkylation sites (tertiary alicyclic amines) is 1. The van der Waals surface area contributed by atoms with E-state index in [9.17, 15) is 36.6 Å². The second kappa shape index (κ2) is 11.3. The lowest BCUT2D eigenvalue weighted by Gasteiger charge is -2.38. The van der Waals surface area contributed by atoms with Gasteiger partial charge in [0.05, 0.1) is 17.2 Å². The van der Waals surface area contributed by atoms with Crippen LogP contribution in [0.1, 0.15) is 41.6 Å². The van der Waals surface area contributed by atoms with E-state index in [1.54, 1.807) is 18.2 Å². The fraction of sp³-hybridized carbons (Fsp3) is 0.481. The van der Waals surface area contributed by atoms with E-state index in [0.717, 1.165) is 17.7 Å². The van der Waals surface area contributed by atoms with Gasteiger partial charge in [0.25, 0.3) is 17.4 Å². The SMILES string of the molecule is CNC(=O)c1ccc(OCC[C@@H]2C[C@@H]2C2CCN(C(=O)[C@](O)(c3cc(F)cc(F)c3)C(F)(F)F)CC2)cc1Cl. The summed E-state index contributed by atoms with van der Waals surface area (Å²) in [5.41, 5.74) is -4.90. The lowest BCUT2D eigenvalue weighted by molar-refractivity contribution is -0.262. The summed E-state index contributed by atoms with van der Waals surface area (Å²) in [6.45, 7) is 0.419. The van der Waals surface area contributed by atoms with Crippen molar-refractivity contribution in [3.05, 3.63) is 64.2 Å². The monoisotopic (exact) mass is 574 g/mol. The lowest BCUT2D eigenvalue weighted by atomic mass is 9.87.